The van der Waals surface area contributed by atoms with Crippen LogP contribution in [0.5, 0.6) is 0 Å². The van der Waals surface area contributed by atoms with E-state index in [2.05, 4.69) is 10.3 Å². The van der Waals surface area contributed by atoms with Crippen LogP contribution in [0.25, 0.3) is 11.3 Å². The lowest BCUT2D eigenvalue weighted by Crippen LogP contribution is -2.47. The van der Waals surface area contributed by atoms with Crippen LogP contribution < -0.4 is 5.32 Å². The lowest BCUT2D eigenvalue weighted by molar-refractivity contribution is -0.119. The lowest BCUT2D eigenvalue weighted by atomic mass is 9.81. The fourth-order valence-electron chi connectivity index (χ4n) is 4.53. The molecule has 35 heavy (non-hydrogen) atoms. The molecule has 4 aromatic rings. The molecule has 0 fully saturated rings. The topological polar surface area (TPSA) is 71.5 Å². The normalized spacial score (nSPS) is 17.3. The highest BCUT2D eigenvalue weighted by Gasteiger charge is 2.44. The van der Waals surface area contributed by atoms with E-state index in [0.29, 0.717) is 24.4 Å². The van der Waals surface area contributed by atoms with Gasteiger partial charge in [0.1, 0.15) is 0 Å². The minimum Gasteiger partial charge on any atom is -0.383 e. The second kappa shape index (κ2) is 10.1. The molecule has 2 aromatic heterocycles. The van der Waals surface area contributed by atoms with E-state index in [0.717, 1.165) is 26.7 Å². The van der Waals surface area contributed by atoms with Gasteiger partial charge in [-0.1, -0.05) is 36.4 Å². The van der Waals surface area contributed by atoms with Crippen molar-refractivity contribution >= 4 is 40.2 Å². The van der Waals surface area contributed by atoms with Crippen molar-refractivity contribution < 1.29 is 14.3 Å². The van der Waals surface area contributed by atoms with E-state index in [9.17, 15) is 9.59 Å². The Labute approximate surface area is 212 Å². The summed E-state index contributed by atoms with van der Waals surface area (Å²) in [6.45, 7) is 2.77. The van der Waals surface area contributed by atoms with E-state index in [1.807, 2.05) is 72.3 Å². The van der Waals surface area contributed by atoms with E-state index in [1.165, 1.54) is 0 Å². The van der Waals surface area contributed by atoms with Gasteiger partial charge in [0, 0.05) is 40.7 Å². The molecule has 0 radical (unpaired) electrons. The predicted octanol–water partition coefficient (Wildman–Crippen LogP) is 5.75. The number of aromatic nitrogens is 1. The first-order chi connectivity index (χ1) is 17.1. The van der Waals surface area contributed by atoms with Crippen LogP contribution in [0.1, 0.15) is 37.8 Å². The monoisotopic (exact) mass is 503 g/mol. The second-order valence-corrected chi connectivity index (χ2v) is 10.4. The smallest absolute Gasteiger partial charge is 0.254 e. The highest BCUT2D eigenvalue weighted by atomic mass is 32.1. The number of carbonyl (C=O) groups is 2. The Hall–Kier alpha value is -3.33. The first-order valence-corrected chi connectivity index (χ1v) is 13.1. The summed E-state index contributed by atoms with van der Waals surface area (Å²) >= 11 is 3.16. The summed E-state index contributed by atoms with van der Waals surface area (Å²) in [4.78, 5) is 34.6. The van der Waals surface area contributed by atoms with Crippen LogP contribution in [0, 0.1) is 6.92 Å². The zero-order valence-electron chi connectivity index (χ0n) is 19.4. The summed E-state index contributed by atoms with van der Waals surface area (Å²) in [6, 6.07) is 18.6. The van der Waals surface area contributed by atoms with Crippen molar-refractivity contribution in [2.75, 3.05) is 25.6 Å². The van der Waals surface area contributed by atoms with Crippen LogP contribution in [-0.4, -0.2) is 42.0 Å². The number of hydrogen-bond acceptors (Lipinski definition) is 6. The van der Waals surface area contributed by atoms with Crippen molar-refractivity contribution in [2.24, 2.45) is 0 Å². The number of benzene rings is 2. The first-order valence-electron chi connectivity index (χ1n) is 11.3. The molecule has 178 valence electrons. The van der Waals surface area contributed by atoms with Crippen molar-refractivity contribution in [1.29, 1.82) is 0 Å². The summed E-state index contributed by atoms with van der Waals surface area (Å²) in [5.41, 5.74) is 3.94. The van der Waals surface area contributed by atoms with Crippen LogP contribution >= 0.6 is 22.7 Å². The third kappa shape index (κ3) is 4.65. The van der Waals surface area contributed by atoms with Crippen molar-refractivity contribution in [2.45, 2.75) is 18.9 Å². The average Bonchev–Trinajstić information content (AvgIpc) is 3.56. The third-order valence-electron chi connectivity index (χ3n) is 6.16. The molecule has 0 saturated heterocycles. The molecule has 1 aliphatic heterocycles. The molecule has 0 bridgehead atoms. The number of methoxy groups -OCH3 is 1. The second-order valence-electron chi connectivity index (χ2n) is 8.33. The average molecular weight is 504 g/mol. The predicted molar refractivity (Wildman–Crippen MR) is 140 cm³/mol. The number of fused-ring (bicyclic) bond motifs is 1. The van der Waals surface area contributed by atoms with Gasteiger partial charge >= 0.3 is 0 Å². The summed E-state index contributed by atoms with van der Waals surface area (Å²) in [5, 5.41) is 8.11. The Morgan fingerprint density at radius 3 is 2.57 bits per heavy atom. The van der Waals surface area contributed by atoms with Crippen LogP contribution in [-0.2, 0) is 9.53 Å². The molecular formula is C27H25N3O3S2. The van der Waals surface area contributed by atoms with Gasteiger partial charge in [-0.05, 0) is 42.1 Å². The van der Waals surface area contributed by atoms with Gasteiger partial charge in [-0.2, -0.15) is 0 Å². The molecule has 0 saturated carbocycles. The molecule has 2 atom stereocenters. The van der Waals surface area contributed by atoms with Crippen LogP contribution in [0.15, 0.2) is 71.4 Å². The molecule has 2 aromatic carbocycles. The number of nitrogens with one attached hydrogen (secondary N) is 1. The number of nitrogens with zero attached hydrogens (tertiary/aromatic N) is 2. The number of carbonyl (C=O) groups excluding carboxylic acids is 2. The summed E-state index contributed by atoms with van der Waals surface area (Å²) in [5.74, 6) is -0.786. The van der Waals surface area contributed by atoms with Gasteiger partial charge in [-0.15, -0.1) is 22.7 Å². The molecule has 3 heterocycles. The van der Waals surface area contributed by atoms with E-state index in [4.69, 9.17) is 4.74 Å². The first kappa shape index (κ1) is 23.4. The zero-order valence-corrected chi connectivity index (χ0v) is 21.1. The van der Waals surface area contributed by atoms with Gasteiger partial charge in [0.2, 0.25) is 5.91 Å². The number of thiazole rings is 1. The minimum atomic E-state index is -0.555. The van der Waals surface area contributed by atoms with Gasteiger partial charge in [0.05, 0.1) is 29.3 Å². The van der Waals surface area contributed by atoms with E-state index in [-0.39, 0.29) is 11.8 Å². The molecule has 0 spiro atoms. The van der Waals surface area contributed by atoms with E-state index in [1.54, 1.807) is 40.7 Å². The minimum absolute atomic E-state index is 0.0805. The Morgan fingerprint density at radius 2 is 1.89 bits per heavy atom. The molecule has 0 aliphatic carbocycles. The SMILES string of the molecule is COCCN1C(=O)c2ccccc2C(C(=O)Nc2ccc(-c3csc(C)n3)cc2)C1c1cccs1. The Morgan fingerprint density at radius 1 is 1.09 bits per heavy atom. The number of hydrogen-bond donors (Lipinski definition) is 1. The molecule has 8 heteroatoms. The maximum Gasteiger partial charge on any atom is 0.254 e. The molecule has 2 unspecified atom stereocenters. The van der Waals surface area contributed by atoms with Gasteiger partial charge in [-0.3, -0.25) is 9.59 Å². The highest BCUT2D eigenvalue weighted by molar-refractivity contribution is 7.10. The molecule has 5 rings (SSSR count). The number of aryl methyl sites for hydroxylation is 1. The van der Waals surface area contributed by atoms with Crippen LogP contribution in [0.3, 0.4) is 0 Å². The fraction of sp³-hybridized carbons (Fsp3) is 0.222. The van der Waals surface area contributed by atoms with Crippen molar-refractivity contribution in [3.8, 4) is 11.3 Å². The number of amides is 2. The summed E-state index contributed by atoms with van der Waals surface area (Å²) in [7, 11) is 1.61. The molecule has 1 N–H and O–H groups in total. The molecule has 6 nitrogen and oxygen atoms in total. The van der Waals surface area contributed by atoms with E-state index >= 15 is 0 Å². The molecular weight excluding hydrogens is 478 g/mol. The number of anilines is 1. The highest BCUT2D eigenvalue weighted by Crippen LogP contribution is 2.44. The Bertz CT molecular complexity index is 1330. The largest absolute Gasteiger partial charge is 0.383 e. The molecule has 1 aliphatic rings. The maximum absolute atomic E-state index is 13.8. The summed E-state index contributed by atoms with van der Waals surface area (Å²) in [6.07, 6.45) is 0. The van der Waals surface area contributed by atoms with Crippen molar-refractivity contribution in [3.05, 3.63) is 92.4 Å². The van der Waals surface area contributed by atoms with Crippen molar-refractivity contribution in [3.63, 3.8) is 0 Å². The van der Waals surface area contributed by atoms with Gasteiger partial charge in [0.15, 0.2) is 0 Å². The maximum atomic E-state index is 13.8. The quantitative estimate of drug-likeness (QED) is 0.349. The number of ether oxygens (including phenoxy) is 1. The standard InChI is InChI=1S/C27H25N3O3S2/c1-17-28-22(16-35-17)18-9-11-19(12-10-18)29-26(31)24-20-6-3-4-7-21(20)27(32)30(13-14-33-2)25(24)23-8-5-15-34-23/h3-12,15-16,24-25H,13-14H2,1-2H3,(H,29,31). The lowest BCUT2D eigenvalue weighted by Gasteiger charge is -2.41. The van der Waals surface area contributed by atoms with Gasteiger partial charge < -0.3 is 15.0 Å². The number of rotatable bonds is 7. The van der Waals surface area contributed by atoms with Gasteiger partial charge in [0.25, 0.3) is 5.91 Å². The van der Waals surface area contributed by atoms with Crippen molar-refractivity contribution in [1.82, 2.24) is 9.88 Å². The van der Waals surface area contributed by atoms with Crippen LogP contribution in [0.4, 0.5) is 5.69 Å². The van der Waals surface area contributed by atoms with Gasteiger partial charge in [-0.25, -0.2) is 4.98 Å². The zero-order chi connectivity index (χ0) is 24.4. The number of thiophene rings is 1. The summed E-state index contributed by atoms with van der Waals surface area (Å²) < 4.78 is 5.29. The Kier molecular flexibility index (Phi) is 6.77. The van der Waals surface area contributed by atoms with E-state index < -0.39 is 12.0 Å². The molecule has 2 amide bonds. The third-order valence-corrected chi connectivity index (χ3v) is 7.88. The Balaban J connectivity index is 1.49. The van der Waals surface area contributed by atoms with Crippen LogP contribution in [0.2, 0.25) is 0 Å². The fourth-order valence-corrected chi connectivity index (χ4v) is 6.02.